The predicted molar refractivity (Wildman–Crippen MR) is 73.5 cm³/mol. The SMILES string of the molecule is N#Cc1ccc(OCCN2C(=O)CN(C3CC3)C2=O)cc1. The average Bonchev–Trinajstić information content (AvgIpc) is 3.29. The van der Waals surface area contributed by atoms with Gasteiger partial charge in [-0.2, -0.15) is 5.26 Å². The molecule has 3 amide bonds. The van der Waals surface area contributed by atoms with E-state index in [0.29, 0.717) is 11.3 Å². The molecule has 0 bridgehead atoms. The van der Waals surface area contributed by atoms with E-state index in [2.05, 4.69) is 0 Å². The first-order valence-corrected chi connectivity index (χ1v) is 6.93. The Morgan fingerprint density at radius 1 is 1.24 bits per heavy atom. The molecule has 0 spiro atoms. The smallest absolute Gasteiger partial charge is 0.327 e. The molecule has 1 heterocycles. The van der Waals surface area contributed by atoms with Gasteiger partial charge in [0.25, 0.3) is 0 Å². The van der Waals surface area contributed by atoms with Crippen molar-refractivity contribution in [2.45, 2.75) is 18.9 Å². The molecule has 1 aliphatic carbocycles. The number of imide groups is 1. The molecule has 1 saturated carbocycles. The number of benzene rings is 1. The van der Waals surface area contributed by atoms with Gasteiger partial charge in [0.2, 0.25) is 5.91 Å². The molecule has 6 heteroatoms. The van der Waals surface area contributed by atoms with Gasteiger partial charge in [0.1, 0.15) is 18.9 Å². The number of urea groups is 1. The third-order valence-corrected chi connectivity index (χ3v) is 3.64. The molecule has 1 saturated heterocycles. The summed E-state index contributed by atoms with van der Waals surface area (Å²) < 4.78 is 5.50. The van der Waals surface area contributed by atoms with Crippen LogP contribution in [-0.4, -0.2) is 47.5 Å². The second-order valence-corrected chi connectivity index (χ2v) is 5.17. The highest BCUT2D eigenvalue weighted by Crippen LogP contribution is 2.30. The first-order valence-electron chi connectivity index (χ1n) is 6.93. The summed E-state index contributed by atoms with van der Waals surface area (Å²) in [5.41, 5.74) is 0.562. The lowest BCUT2D eigenvalue weighted by molar-refractivity contribution is -0.125. The topological polar surface area (TPSA) is 73.6 Å². The van der Waals surface area contributed by atoms with Crippen molar-refractivity contribution < 1.29 is 14.3 Å². The van der Waals surface area contributed by atoms with Crippen molar-refractivity contribution in [1.29, 1.82) is 5.26 Å². The first-order chi connectivity index (χ1) is 10.2. The van der Waals surface area contributed by atoms with E-state index in [0.717, 1.165) is 12.8 Å². The van der Waals surface area contributed by atoms with Crippen LogP contribution in [0.2, 0.25) is 0 Å². The summed E-state index contributed by atoms with van der Waals surface area (Å²) in [4.78, 5) is 26.8. The molecule has 2 fully saturated rings. The highest BCUT2D eigenvalue weighted by atomic mass is 16.5. The lowest BCUT2D eigenvalue weighted by Crippen LogP contribution is -2.36. The van der Waals surface area contributed by atoms with Gasteiger partial charge < -0.3 is 9.64 Å². The van der Waals surface area contributed by atoms with E-state index in [9.17, 15) is 9.59 Å². The number of carbonyl (C=O) groups is 2. The maximum Gasteiger partial charge on any atom is 0.327 e. The summed E-state index contributed by atoms with van der Waals surface area (Å²) in [6.45, 7) is 0.698. The molecule has 1 aromatic rings. The molecule has 0 radical (unpaired) electrons. The van der Waals surface area contributed by atoms with Crippen LogP contribution in [0.25, 0.3) is 0 Å². The van der Waals surface area contributed by atoms with Crippen molar-refractivity contribution >= 4 is 11.9 Å². The Bertz CT molecular complexity index is 602. The van der Waals surface area contributed by atoms with Gasteiger partial charge in [0, 0.05) is 6.04 Å². The molecule has 21 heavy (non-hydrogen) atoms. The fourth-order valence-corrected chi connectivity index (χ4v) is 2.33. The van der Waals surface area contributed by atoms with E-state index < -0.39 is 0 Å². The quantitative estimate of drug-likeness (QED) is 0.766. The van der Waals surface area contributed by atoms with E-state index in [1.165, 1.54) is 4.90 Å². The van der Waals surface area contributed by atoms with Gasteiger partial charge in [-0.15, -0.1) is 0 Å². The molecule has 6 nitrogen and oxygen atoms in total. The Hall–Kier alpha value is -2.55. The van der Waals surface area contributed by atoms with Crippen molar-refractivity contribution in [2.75, 3.05) is 19.7 Å². The number of rotatable bonds is 5. The molecule has 0 unspecified atom stereocenters. The highest BCUT2D eigenvalue weighted by molar-refractivity contribution is 6.02. The molecular formula is C15H15N3O3. The summed E-state index contributed by atoms with van der Waals surface area (Å²) in [5, 5.41) is 8.70. The normalized spacial score (nSPS) is 18.0. The summed E-state index contributed by atoms with van der Waals surface area (Å²) in [5.74, 6) is 0.461. The molecule has 108 valence electrons. The van der Waals surface area contributed by atoms with E-state index in [1.807, 2.05) is 6.07 Å². The van der Waals surface area contributed by atoms with Crippen LogP contribution < -0.4 is 4.74 Å². The van der Waals surface area contributed by atoms with Crippen molar-refractivity contribution in [3.05, 3.63) is 29.8 Å². The summed E-state index contributed by atoms with van der Waals surface area (Å²) in [6, 6.07) is 8.80. The molecule has 0 aromatic heterocycles. The van der Waals surface area contributed by atoms with Gasteiger partial charge in [-0.05, 0) is 37.1 Å². The second-order valence-electron chi connectivity index (χ2n) is 5.17. The summed E-state index contributed by atoms with van der Waals surface area (Å²) >= 11 is 0. The number of hydrogen-bond donors (Lipinski definition) is 0. The van der Waals surface area contributed by atoms with Crippen molar-refractivity contribution in [2.24, 2.45) is 0 Å². The van der Waals surface area contributed by atoms with Gasteiger partial charge in [0.15, 0.2) is 0 Å². The van der Waals surface area contributed by atoms with Crippen LogP contribution in [0.3, 0.4) is 0 Å². The lowest BCUT2D eigenvalue weighted by atomic mass is 10.2. The minimum atomic E-state index is -0.203. The largest absolute Gasteiger partial charge is 0.492 e. The van der Waals surface area contributed by atoms with Crippen LogP contribution >= 0.6 is 0 Å². The summed E-state index contributed by atoms with van der Waals surface area (Å²) in [7, 11) is 0. The number of carbonyl (C=O) groups excluding carboxylic acids is 2. The van der Waals surface area contributed by atoms with Crippen molar-refractivity contribution in [3.8, 4) is 11.8 Å². The zero-order valence-corrected chi connectivity index (χ0v) is 11.5. The molecule has 0 atom stereocenters. The first kappa shape index (κ1) is 13.4. The third-order valence-electron chi connectivity index (χ3n) is 3.64. The van der Waals surface area contributed by atoms with Crippen molar-refractivity contribution in [1.82, 2.24) is 9.80 Å². The monoisotopic (exact) mass is 285 g/mol. The Morgan fingerprint density at radius 2 is 1.95 bits per heavy atom. The highest BCUT2D eigenvalue weighted by Gasteiger charge is 2.43. The fourth-order valence-electron chi connectivity index (χ4n) is 2.33. The average molecular weight is 285 g/mol. The molecule has 0 N–H and O–H groups in total. The summed E-state index contributed by atoms with van der Waals surface area (Å²) in [6.07, 6.45) is 1.99. The van der Waals surface area contributed by atoms with Crippen LogP contribution in [0.4, 0.5) is 4.79 Å². The van der Waals surface area contributed by atoms with E-state index in [-0.39, 0.29) is 37.7 Å². The maximum absolute atomic E-state index is 12.1. The zero-order valence-electron chi connectivity index (χ0n) is 11.5. The number of hydrogen-bond acceptors (Lipinski definition) is 4. The lowest BCUT2D eigenvalue weighted by Gasteiger charge is -2.16. The van der Waals surface area contributed by atoms with Gasteiger partial charge in [0.05, 0.1) is 18.2 Å². The Morgan fingerprint density at radius 3 is 2.57 bits per heavy atom. The zero-order chi connectivity index (χ0) is 14.8. The Labute approximate surface area is 122 Å². The molecular weight excluding hydrogens is 270 g/mol. The van der Waals surface area contributed by atoms with E-state index >= 15 is 0 Å². The Balaban J connectivity index is 1.51. The minimum Gasteiger partial charge on any atom is -0.492 e. The fraction of sp³-hybridized carbons (Fsp3) is 0.400. The Kier molecular flexibility index (Phi) is 3.48. The van der Waals surface area contributed by atoms with Gasteiger partial charge in [-0.25, -0.2) is 4.79 Å². The predicted octanol–water partition coefficient (Wildman–Crippen LogP) is 1.36. The van der Waals surface area contributed by atoms with Crippen molar-refractivity contribution in [3.63, 3.8) is 0 Å². The van der Waals surface area contributed by atoms with Gasteiger partial charge in [-0.1, -0.05) is 0 Å². The van der Waals surface area contributed by atoms with Crippen LogP contribution in [-0.2, 0) is 4.79 Å². The van der Waals surface area contributed by atoms with Crippen LogP contribution in [0.1, 0.15) is 18.4 Å². The number of nitrogens with zero attached hydrogens (tertiary/aromatic N) is 3. The van der Waals surface area contributed by atoms with E-state index in [1.54, 1.807) is 29.2 Å². The van der Waals surface area contributed by atoms with Gasteiger partial charge in [-0.3, -0.25) is 9.69 Å². The van der Waals surface area contributed by atoms with Crippen LogP contribution in [0, 0.1) is 11.3 Å². The van der Waals surface area contributed by atoms with Crippen LogP contribution in [0.5, 0.6) is 5.75 Å². The molecule has 3 rings (SSSR count). The number of amides is 3. The standard InChI is InChI=1S/C15H15N3O3/c16-9-11-1-5-13(6-2-11)21-8-7-17-14(19)10-18(15(17)20)12-3-4-12/h1-2,5-6,12H,3-4,7-8,10H2. The number of ether oxygens (including phenoxy) is 1. The minimum absolute atomic E-state index is 0.157. The third kappa shape index (κ3) is 2.82. The van der Waals surface area contributed by atoms with E-state index in [4.69, 9.17) is 10.00 Å². The van der Waals surface area contributed by atoms with Gasteiger partial charge >= 0.3 is 6.03 Å². The molecule has 2 aliphatic rings. The van der Waals surface area contributed by atoms with Crippen LogP contribution in [0.15, 0.2) is 24.3 Å². The molecule has 1 aliphatic heterocycles. The maximum atomic E-state index is 12.1. The molecule has 1 aromatic carbocycles. The second kappa shape index (κ2) is 5.44. The number of nitriles is 1.